The molecule has 1 aliphatic carbocycles. The minimum atomic E-state index is -1.01. The molecule has 1 unspecified atom stereocenters. The molecule has 0 bridgehead atoms. The van der Waals surface area contributed by atoms with Crippen LogP contribution >= 0.6 is 11.6 Å². The van der Waals surface area contributed by atoms with Crippen molar-refractivity contribution in [2.24, 2.45) is 17.6 Å². The van der Waals surface area contributed by atoms with Crippen LogP contribution in [0.2, 0.25) is 5.02 Å². The van der Waals surface area contributed by atoms with Gasteiger partial charge in [-0.1, -0.05) is 36.6 Å². The molecule has 0 spiro atoms. The zero-order valence-electron chi connectivity index (χ0n) is 19.2. The maximum atomic E-state index is 13.1. The molecular weight excluding hydrogens is 458 g/mol. The van der Waals surface area contributed by atoms with Gasteiger partial charge in [-0.2, -0.15) is 0 Å². The Morgan fingerprint density at radius 3 is 2.50 bits per heavy atom. The summed E-state index contributed by atoms with van der Waals surface area (Å²) in [7, 11) is 0. The Kier molecular flexibility index (Phi) is 6.58. The summed E-state index contributed by atoms with van der Waals surface area (Å²) in [5, 5.41) is 9.63. The van der Waals surface area contributed by atoms with E-state index >= 15 is 0 Å². The summed E-state index contributed by atoms with van der Waals surface area (Å²) < 4.78 is 0. The Hall–Kier alpha value is -3.07. The number of rotatable bonds is 9. The summed E-state index contributed by atoms with van der Waals surface area (Å²) in [6.45, 7) is 3.81. The Morgan fingerprint density at radius 2 is 1.91 bits per heavy atom. The third-order valence-corrected chi connectivity index (χ3v) is 6.82. The molecule has 2 aliphatic rings. The van der Waals surface area contributed by atoms with E-state index in [1.165, 1.54) is 0 Å². The van der Waals surface area contributed by atoms with E-state index in [1.54, 1.807) is 18.2 Å². The van der Waals surface area contributed by atoms with Gasteiger partial charge in [0.1, 0.15) is 17.8 Å². The van der Waals surface area contributed by atoms with Crippen LogP contribution in [0.15, 0.2) is 24.3 Å². The Balaban J connectivity index is 1.45. The molecule has 4 amide bonds. The van der Waals surface area contributed by atoms with Crippen LogP contribution in [-0.2, 0) is 14.4 Å². The number of carbonyl (C=O) groups is 4. The van der Waals surface area contributed by atoms with Crippen molar-refractivity contribution in [2.75, 3.05) is 0 Å². The van der Waals surface area contributed by atoms with Gasteiger partial charge in [0.15, 0.2) is 0 Å². The van der Waals surface area contributed by atoms with E-state index in [0.717, 1.165) is 18.2 Å². The molecule has 1 saturated heterocycles. The minimum absolute atomic E-state index is 0.112. The Labute approximate surface area is 202 Å². The Morgan fingerprint density at radius 1 is 1.18 bits per heavy atom. The highest BCUT2D eigenvalue weighted by atomic mass is 35.5. The van der Waals surface area contributed by atoms with E-state index in [9.17, 15) is 19.2 Å². The van der Waals surface area contributed by atoms with Gasteiger partial charge >= 0.3 is 0 Å². The number of aromatic nitrogens is 1. The molecule has 6 N–H and O–H groups in total. The van der Waals surface area contributed by atoms with E-state index in [1.807, 2.05) is 19.9 Å². The third-order valence-electron chi connectivity index (χ3n) is 6.51. The van der Waals surface area contributed by atoms with Crippen molar-refractivity contribution in [3.63, 3.8) is 0 Å². The summed E-state index contributed by atoms with van der Waals surface area (Å²) in [5.74, 6) is -1.91. The van der Waals surface area contributed by atoms with E-state index < -0.39 is 35.7 Å². The van der Waals surface area contributed by atoms with E-state index in [2.05, 4.69) is 20.9 Å². The average molecular weight is 488 g/mol. The number of halogens is 1. The highest BCUT2D eigenvalue weighted by Crippen LogP contribution is 2.34. The molecule has 2 fully saturated rings. The summed E-state index contributed by atoms with van der Waals surface area (Å²) >= 11 is 6.19. The predicted molar refractivity (Wildman–Crippen MR) is 128 cm³/mol. The molecule has 1 saturated carbocycles. The number of carbonyl (C=O) groups excluding carboxylic acids is 4. The number of amides is 4. The van der Waals surface area contributed by atoms with Crippen molar-refractivity contribution < 1.29 is 19.2 Å². The third kappa shape index (κ3) is 5.52. The van der Waals surface area contributed by atoms with Crippen LogP contribution < -0.4 is 21.7 Å². The van der Waals surface area contributed by atoms with Crippen LogP contribution in [0.25, 0.3) is 10.9 Å². The highest BCUT2D eigenvalue weighted by Gasteiger charge is 2.40. The lowest BCUT2D eigenvalue weighted by Crippen LogP contribution is -2.53. The van der Waals surface area contributed by atoms with Gasteiger partial charge in [0, 0.05) is 16.8 Å². The lowest BCUT2D eigenvalue weighted by atomic mass is 9.91. The summed E-state index contributed by atoms with van der Waals surface area (Å²) in [5.41, 5.74) is 6.10. The van der Waals surface area contributed by atoms with E-state index in [0.29, 0.717) is 29.3 Å². The number of H-pyrrole nitrogens is 1. The summed E-state index contributed by atoms with van der Waals surface area (Å²) in [6.07, 6.45) is 3.08. The zero-order chi connectivity index (χ0) is 24.6. The SMILES string of the molecule is CC1(C)CC(C[C@H](NC(=O)[C@H](CC2CC2)NC(=O)c2cc3cccc(Cl)c3[nH]2)C(N)=O)C(=O)N1. The molecule has 4 rings (SSSR count). The second kappa shape index (κ2) is 9.29. The monoisotopic (exact) mass is 487 g/mol. The molecule has 2 heterocycles. The van der Waals surface area contributed by atoms with Crippen LogP contribution in [0.4, 0.5) is 0 Å². The maximum absolute atomic E-state index is 13.1. The highest BCUT2D eigenvalue weighted by molar-refractivity contribution is 6.35. The Bertz CT molecular complexity index is 1140. The number of aromatic amines is 1. The van der Waals surface area contributed by atoms with Crippen LogP contribution in [-0.4, -0.2) is 46.2 Å². The van der Waals surface area contributed by atoms with Crippen molar-refractivity contribution in [2.45, 2.75) is 63.6 Å². The number of primary amides is 1. The number of hydrogen-bond acceptors (Lipinski definition) is 4. The minimum Gasteiger partial charge on any atom is -0.368 e. The zero-order valence-corrected chi connectivity index (χ0v) is 20.0. The largest absolute Gasteiger partial charge is 0.368 e. The fourth-order valence-electron chi connectivity index (χ4n) is 4.58. The topological polar surface area (TPSA) is 146 Å². The van der Waals surface area contributed by atoms with Crippen molar-refractivity contribution in [3.8, 4) is 0 Å². The predicted octanol–water partition coefficient (Wildman–Crippen LogP) is 1.99. The standard InChI is InChI=1S/C24H30ClN5O4/c1-24(2)11-14(21(32)30-24)10-16(20(26)31)28-22(33)17(8-12-6-7-12)29-23(34)18-9-13-4-3-5-15(25)19(13)27-18/h3-5,9,12,14,16-17,27H,6-8,10-11H2,1-2H3,(H2,26,31)(H,28,33)(H,29,34)(H,30,32)/t14?,16-,17-/m0/s1. The molecule has 1 aromatic carbocycles. The molecule has 34 heavy (non-hydrogen) atoms. The second-order valence-corrected chi connectivity index (χ2v) is 10.5. The van der Waals surface area contributed by atoms with Gasteiger partial charge in [0.05, 0.1) is 10.5 Å². The van der Waals surface area contributed by atoms with Crippen LogP contribution in [0, 0.1) is 11.8 Å². The molecule has 2 aromatic rings. The molecule has 1 aromatic heterocycles. The van der Waals surface area contributed by atoms with Gasteiger partial charge in [-0.3, -0.25) is 19.2 Å². The lowest BCUT2D eigenvalue weighted by Gasteiger charge is -2.23. The fraction of sp³-hybridized carbons (Fsp3) is 0.500. The first-order valence-corrected chi connectivity index (χ1v) is 11.9. The second-order valence-electron chi connectivity index (χ2n) is 10.1. The molecule has 182 valence electrons. The number of para-hydroxylation sites is 1. The van der Waals surface area contributed by atoms with Gasteiger partial charge in [0.2, 0.25) is 17.7 Å². The van der Waals surface area contributed by atoms with Gasteiger partial charge in [-0.25, -0.2) is 0 Å². The van der Waals surface area contributed by atoms with E-state index in [4.69, 9.17) is 17.3 Å². The average Bonchev–Trinajstić information content (AvgIpc) is 3.38. The van der Waals surface area contributed by atoms with Crippen LogP contribution in [0.3, 0.4) is 0 Å². The van der Waals surface area contributed by atoms with Gasteiger partial charge in [0.25, 0.3) is 5.91 Å². The van der Waals surface area contributed by atoms with Gasteiger partial charge < -0.3 is 26.7 Å². The summed E-state index contributed by atoms with van der Waals surface area (Å²) in [6, 6.07) is 5.18. The van der Waals surface area contributed by atoms with Crippen LogP contribution in [0.5, 0.6) is 0 Å². The number of nitrogens with one attached hydrogen (secondary N) is 4. The molecule has 1 aliphatic heterocycles. The molecule has 3 atom stereocenters. The molecule has 9 nitrogen and oxygen atoms in total. The van der Waals surface area contributed by atoms with Crippen molar-refractivity contribution in [1.82, 2.24) is 20.9 Å². The van der Waals surface area contributed by atoms with Gasteiger partial charge in [-0.15, -0.1) is 0 Å². The normalized spacial score (nSPS) is 21.0. The summed E-state index contributed by atoms with van der Waals surface area (Å²) in [4.78, 5) is 53.4. The molecule has 0 radical (unpaired) electrons. The molecular formula is C24H30ClN5O4. The number of nitrogens with two attached hydrogens (primary N) is 1. The number of benzene rings is 1. The van der Waals surface area contributed by atoms with Crippen molar-refractivity contribution >= 4 is 46.1 Å². The number of hydrogen-bond donors (Lipinski definition) is 5. The lowest BCUT2D eigenvalue weighted by molar-refractivity contribution is -0.130. The maximum Gasteiger partial charge on any atom is 0.268 e. The van der Waals surface area contributed by atoms with Crippen molar-refractivity contribution in [1.29, 1.82) is 0 Å². The van der Waals surface area contributed by atoms with Gasteiger partial charge in [-0.05, 0) is 51.2 Å². The first-order valence-electron chi connectivity index (χ1n) is 11.5. The number of fused-ring (bicyclic) bond motifs is 1. The first-order chi connectivity index (χ1) is 16.0. The first kappa shape index (κ1) is 24.1. The fourth-order valence-corrected chi connectivity index (χ4v) is 4.81. The van der Waals surface area contributed by atoms with Crippen molar-refractivity contribution in [3.05, 3.63) is 35.0 Å². The smallest absolute Gasteiger partial charge is 0.268 e. The van der Waals surface area contributed by atoms with E-state index in [-0.39, 0.29) is 23.6 Å². The molecule has 10 heteroatoms. The van der Waals surface area contributed by atoms with Crippen LogP contribution in [0.1, 0.15) is 56.4 Å². The quantitative estimate of drug-likeness (QED) is 0.368.